The lowest BCUT2D eigenvalue weighted by Gasteiger charge is -2.36. The van der Waals surface area contributed by atoms with Gasteiger partial charge < -0.3 is 19.1 Å². The highest BCUT2D eigenvalue weighted by atomic mass is 16.7. The number of carbonyl (C=O) groups is 1. The van der Waals surface area contributed by atoms with Gasteiger partial charge in [-0.05, 0) is 6.07 Å². The molecule has 0 N–H and O–H groups in total. The number of nitrogens with zero attached hydrogens (tertiary/aromatic N) is 2. The topological polar surface area (TPSA) is 91.1 Å². The Morgan fingerprint density at radius 2 is 1.95 bits per heavy atom. The fourth-order valence-corrected chi connectivity index (χ4v) is 2.64. The van der Waals surface area contributed by atoms with Gasteiger partial charge in [-0.2, -0.15) is 0 Å². The third-order valence-corrected chi connectivity index (χ3v) is 3.83. The molecular formula is C14H16N2O6. The minimum absolute atomic E-state index is 0.115. The second kappa shape index (κ2) is 5.90. The number of nitro benzene ring substituents is 1. The van der Waals surface area contributed by atoms with Crippen molar-refractivity contribution in [2.24, 2.45) is 0 Å². The maximum absolute atomic E-state index is 12.1. The molecule has 2 fully saturated rings. The second-order valence-electron chi connectivity index (χ2n) is 5.22. The Balaban J connectivity index is 1.58. The Kier molecular flexibility index (Phi) is 3.95. The molecular weight excluding hydrogens is 292 g/mol. The number of piperidine rings is 1. The molecule has 0 aromatic heterocycles. The van der Waals surface area contributed by atoms with E-state index in [0.29, 0.717) is 39.1 Å². The smallest absolute Gasteiger partial charge is 0.410 e. The van der Waals surface area contributed by atoms with E-state index >= 15 is 0 Å². The first-order chi connectivity index (χ1) is 10.6. The standard InChI is InChI=1S/C14H16N2O6/c17-13(22-12-3-1-2-11(10-12)16(18)19)15-6-4-14(5-7-15)20-8-9-21-14/h1-3,10H,4-9H2. The Morgan fingerprint density at radius 3 is 2.59 bits per heavy atom. The molecule has 2 aliphatic rings. The van der Waals surface area contributed by atoms with Gasteiger partial charge in [-0.15, -0.1) is 0 Å². The van der Waals surface area contributed by atoms with Crippen LogP contribution in [0.4, 0.5) is 10.5 Å². The quantitative estimate of drug-likeness (QED) is 0.612. The molecule has 22 heavy (non-hydrogen) atoms. The highest BCUT2D eigenvalue weighted by Gasteiger charge is 2.41. The zero-order valence-electron chi connectivity index (χ0n) is 11.9. The van der Waals surface area contributed by atoms with Crippen LogP contribution >= 0.6 is 0 Å². The first kappa shape index (κ1) is 14.7. The third kappa shape index (κ3) is 3.02. The molecule has 1 aromatic rings. The highest BCUT2D eigenvalue weighted by molar-refractivity contribution is 5.71. The van der Waals surface area contributed by atoms with E-state index in [9.17, 15) is 14.9 Å². The van der Waals surface area contributed by atoms with Crippen LogP contribution in [-0.2, 0) is 9.47 Å². The lowest BCUT2D eigenvalue weighted by Crippen LogP contribution is -2.48. The van der Waals surface area contributed by atoms with E-state index in [1.807, 2.05) is 0 Å². The summed E-state index contributed by atoms with van der Waals surface area (Å²) in [4.78, 5) is 23.8. The van der Waals surface area contributed by atoms with Gasteiger partial charge in [0.25, 0.3) is 5.69 Å². The number of carbonyl (C=O) groups excluding carboxylic acids is 1. The van der Waals surface area contributed by atoms with E-state index in [1.54, 1.807) is 4.90 Å². The number of likely N-dealkylation sites (tertiary alicyclic amines) is 1. The van der Waals surface area contributed by atoms with Crippen LogP contribution in [0.5, 0.6) is 5.75 Å². The molecule has 0 unspecified atom stereocenters. The molecule has 1 amide bonds. The van der Waals surface area contributed by atoms with Crippen LogP contribution in [0.15, 0.2) is 24.3 Å². The van der Waals surface area contributed by atoms with Crippen molar-refractivity contribution in [1.82, 2.24) is 4.90 Å². The van der Waals surface area contributed by atoms with Crippen LogP contribution in [0, 0.1) is 10.1 Å². The van der Waals surface area contributed by atoms with Gasteiger partial charge in [-0.25, -0.2) is 4.79 Å². The van der Waals surface area contributed by atoms with Crippen molar-refractivity contribution in [1.29, 1.82) is 0 Å². The molecule has 0 saturated carbocycles. The Bertz CT molecular complexity index is 574. The minimum Gasteiger partial charge on any atom is -0.410 e. The summed E-state index contributed by atoms with van der Waals surface area (Å²) in [6.07, 6.45) is 0.669. The zero-order chi connectivity index (χ0) is 15.6. The number of benzene rings is 1. The van der Waals surface area contributed by atoms with E-state index in [4.69, 9.17) is 14.2 Å². The van der Waals surface area contributed by atoms with Crippen molar-refractivity contribution >= 4 is 11.8 Å². The van der Waals surface area contributed by atoms with E-state index in [2.05, 4.69) is 0 Å². The van der Waals surface area contributed by atoms with Gasteiger partial charge in [-0.3, -0.25) is 10.1 Å². The molecule has 2 heterocycles. The molecule has 0 aliphatic carbocycles. The summed E-state index contributed by atoms with van der Waals surface area (Å²) >= 11 is 0. The summed E-state index contributed by atoms with van der Waals surface area (Å²) < 4.78 is 16.4. The lowest BCUT2D eigenvalue weighted by molar-refractivity contribution is -0.384. The Hall–Kier alpha value is -2.19. The first-order valence-corrected chi connectivity index (χ1v) is 7.07. The molecule has 0 bridgehead atoms. The van der Waals surface area contributed by atoms with E-state index in [1.165, 1.54) is 24.3 Å². The van der Waals surface area contributed by atoms with Crippen LogP contribution in [-0.4, -0.2) is 48.0 Å². The van der Waals surface area contributed by atoms with Crippen LogP contribution in [0.1, 0.15) is 12.8 Å². The normalized spacial score (nSPS) is 20.1. The number of rotatable bonds is 2. The van der Waals surface area contributed by atoms with Gasteiger partial charge in [0.1, 0.15) is 5.75 Å². The highest BCUT2D eigenvalue weighted by Crippen LogP contribution is 2.31. The molecule has 8 nitrogen and oxygen atoms in total. The van der Waals surface area contributed by atoms with Gasteiger partial charge >= 0.3 is 6.09 Å². The number of hydrogen-bond acceptors (Lipinski definition) is 6. The molecule has 118 valence electrons. The van der Waals surface area contributed by atoms with Crippen LogP contribution < -0.4 is 4.74 Å². The van der Waals surface area contributed by atoms with Crippen LogP contribution in [0.2, 0.25) is 0 Å². The Labute approximate surface area is 126 Å². The van der Waals surface area contributed by atoms with Gasteiger partial charge in [0, 0.05) is 32.0 Å². The summed E-state index contributed by atoms with van der Waals surface area (Å²) in [5.41, 5.74) is -0.115. The van der Waals surface area contributed by atoms with E-state index < -0.39 is 16.8 Å². The van der Waals surface area contributed by atoms with Crippen molar-refractivity contribution in [2.45, 2.75) is 18.6 Å². The number of hydrogen-bond donors (Lipinski definition) is 0. The van der Waals surface area contributed by atoms with Crippen molar-refractivity contribution in [3.63, 3.8) is 0 Å². The van der Waals surface area contributed by atoms with Crippen molar-refractivity contribution in [3.8, 4) is 5.75 Å². The minimum atomic E-state index is -0.553. The fourth-order valence-electron chi connectivity index (χ4n) is 2.64. The Morgan fingerprint density at radius 1 is 1.27 bits per heavy atom. The van der Waals surface area contributed by atoms with Crippen LogP contribution in [0.25, 0.3) is 0 Å². The van der Waals surface area contributed by atoms with Gasteiger partial charge in [-0.1, -0.05) is 6.07 Å². The predicted octanol–water partition coefficient (Wildman–Crippen LogP) is 1.93. The first-order valence-electron chi connectivity index (χ1n) is 7.07. The van der Waals surface area contributed by atoms with Crippen LogP contribution in [0.3, 0.4) is 0 Å². The average molecular weight is 308 g/mol. The monoisotopic (exact) mass is 308 g/mol. The van der Waals surface area contributed by atoms with Gasteiger partial charge in [0.05, 0.1) is 24.2 Å². The number of non-ortho nitro benzene ring substituents is 1. The summed E-state index contributed by atoms with van der Waals surface area (Å²) in [6, 6.07) is 5.56. The molecule has 1 aromatic carbocycles. The largest absolute Gasteiger partial charge is 0.415 e. The summed E-state index contributed by atoms with van der Waals surface area (Å²) in [5.74, 6) is -0.393. The van der Waals surface area contributed by atoms with Crippen molar-refractivity contribution in [2.75, 3.05) is 26.3 Å². The fraction of sp³-hybridized carbons (Fsp3) is 0.500. The van der Waals surface area contributed by atoms with Crippen molar-refractivity contribution in [3.05, 3.63) is 34.4 Å². The molecule has 0 atom stereocenters. The van der Waals surface area contributed by atoms with Gasteiger partial charge in [0.15, 0.2) is 5.79 Å². The maximum atomic E-state index is 12.1. The molecule has 1 spiro atoms. The molecule has 2 saturated heterocycles. The van der Waals surface area contributed by atoms with E-state index in [0.717, 1.165) is 0 Å². The summed E-state index contributed by atoms with van der Waals surface area (Å²) in [6.45, 7) is 2.10. The van der Waals surface area contributed by atoms with E-state index in [-0.39, 0.29) is 11.4 Å². The molecule has 3 rings (SSSR count). The summed E-state index contributed by atoms with van der Waals surface area (Å²) in [7, 11) is 0. The summed E-state index contributed by atoms with van der Waals surface area (Å²) in [5, 5.41) is 10.7. The third-order valence-electron chi connectivity index (χ3n) is 3.83. The predicted molar refractivity (Wildman–Crippen MR) is 74.6 cm³/mol. The maximum Gasteiger partial charge on any atom is 0.415 e. The zero-order valence-corrected chi connectivity index (χ0v) is 11.9. The van der Waals surface area contributed by atoms with Gasteiger partial charge in [0.2, 0.25) is 0 Å². The second-order valence-corrected chi connectivity index (χ2v) is 5.22. The SMILES string of the molecule is O=C(Oc1cccc([N+](=O)[O-])c1)N1CCC2(CC1)OCCO2. The number of amides is 1. The number of nitro groups is 1. The number of ether oxygens (including phenoxy) is 3. The lowest BCUT2D eigenvalue weighted by atomic mass is 10.0. The molecule has 8 heteroatoms. The average Bonchev–Trinajstić information content (AvgIpc) is 2.96. The molecule has 2 aliphatic heterocycles. The van der Waals surface area contributed by atoms with Crippen molar-refractivity contribution < 1.29 is 23.9 Å². The molecule has 0 radical (unpaired) electrons.